The van der Waals surface area contributed by atoms with Crippen LogP contribution < -0.4 is 5.32 Å². The van der Waals surface area contributed by atoms with Gasteiger partial charge in [0.15, 0.2) is 0 Å². The number of sulfonamides is 1. The van der Waals surface area contributed by atoms with Gasteiger partial charge in [0.25, 0.3) is 0 Å². The Hall–Kier alpha value is -2.25. The van der Waals surface area contributed by atoms with Crippen LogP contribution in [-0.2, 0) is 14.8 Å². The first kappa shape index (κ1) is 17.6. The van der Waals surface area contributed by atoms with Crippen molar-refractivity contribution in [1.82, 2.24) is 4.31 Å². The third-order valence-corrected chi connectivity index (χ3v) is 6.17. The van der Waals surface area contributed by atoms with Gasteiger partial charge in [-0.2, -0.15) is 4.31 Å². The number of carbonyl (C=O) groups is 1. The zero-order chi connectivity index (χ0) is 18.0. The number of amides is 1. The van der Waals surface area contributed by atoms with Crippen molar-refractivity contribution in [3.05, 3.63) is 59.9 Å². The highest BCUT2D eigenvalue weighted by molar-refractivity contribution is 7.89. The van der Waals surface area contributed by atoms with Gasteiger partial charge in [0.2, 0.25) is 15.9 Å². The molecule has 1 unspecified atom stereocenters. The third kappa shape index (κ3) is 3.57. The van der Waals surface area contributed by atoms with Gasteiger partial charge in [-0.3, -0.25) is 4.79 Å². The highest BCUT2D eigenvalue weighted by atomic mass is 32.2. The van der Waals surface area contributed by atoms with E-state index < -0.39 is 21.9 Å². The minimum atomic E-state index is -3.74. The molecule has 25 heavy (non-hydrogen) atoms. The van der Waals surface area contributed by atoms with Gasteiger partial charge in [-0.05, 0) is 43.2 Å². The Morgan fingerprint density at radius 2 is 1.84 bits per heavy atom. The molecule has 7 heteroatoms. The molecule has 1 aliphatic rings. The normalized spacial score (nSPS) is 18.2. The van der Waals surface area contributed by atoms with Crippen molar-refractivity contribution in [2.75, 3.05) is 11.9 Å². The van der Waals surface area contributed by atoms with E-state index in [-0.39, 0.29) is 10.8 Å². The summed E-state index contributed by atoms with van der Waals surface area (Å²) in [7, 11) is -3.74. The quantitative estimate of drug-likeness (QED) is 0.907. The Balaban J connectivity index is 1.91. The van der Waals surface area contributed by atoms with Crippen LogP contribution in [0.15, 0.2) is 53.4 Å². The second-order valence-corrected chi connectivity index (χ2v) is 7.89. The minimum absolute atomic E-state index is 0.129. The molecular weight excluding hydrogens is 343 g/mol. The summed E-state index contributed by atoms with van der Waals surface area (Å²) in [6.07, 6.45) is 1.27. The summed E-state index contributed by atoms with van der Waals surface area (Å²) < 4.78 is 41.4. The standard InChI is InChI=1S/C18H19FN2O3S/c1-13(22)20-14-8-10-15(11-9-14)25(23,24)21-12-4-7-18(21)16-5-2-3-6-17(16)19/h2-3,5-6,8-11,18H,4,7,12H2,1H3,(H,20,22). The predicted molar refractivity (Wildman–Crippen MR) is 93.0 cm³/mol. The number of nitrogens with one attached hydrogen (secondary N) is 1. The summed E-state index contributed by atoms with van der Waals surface area (Å²) in [6.45, 7) is 1.74. The molecule has 0 aliphatic carbocycles. The van der Waals surface area contributed by atoms with Crippen LogP contribution in [0.4, 0.5) is 10.1 Å². The van der Waals surface area contributed by atoms with Crippen molar-refractivity contribution in [1.29, 1.82) is 0 Å². The maximum atomic E-state index is 14.1. The van der Waals surface area contributed by atoms with Crippen LogP contribution in [0, 0.1) is 5.82 Å². The van der Waals surface area contributed by atoms with E-state index in [4.69, 9.17) is 0 Å². The number of halogens is 1. The summed E-state index contributed by atoms with van der Waals surface area (Å²) in [5.74, 6) is -0.620. The van der Waals surface area contributed by atoms with Gasteiger partial charge < -0.3 is 5.32 Å². The molecule has 3 rings (SSSR count). The van der Waals surface area contributed by atoms with E-state index >= 15 is 0 Å². The second kappa shape index (κ2) is 6.93. The number of hydrogen-bond acceptors (Lipinski definition) is 3. The van der Waals surface area contributed by atoms with Crippen LogP contribution in [0.5, 0.6) is 0 Å². The van der Waals surface area contributed by atoms with Crippen LogP contribution in [0.25, 0.3) is 0 Å². The molecular formula is C18H19FN2O3S. The first-order chi connectivity index (χ1) is 11.9. The van der Waals surface area contributed by atoms with Gasteiger partial charge in [0, 0.05) is 24.7 Å². The molecule has 1 heterocycles. The van der Waals surface area contributed by atoms with Crippen molar-refractivity contribution in [2.45, 2.75) is 30.7 Å². The van der Waals surface area contributed by atoms with E-state index in [1.807, 2.05) is 0 Å². The molecule has 1 aliphatic heterocycles. The fraction of sp³-hybridized carbons (Fsp3) is 0.278. The zero-order valence-electron chi connectivity index (χ0n) is 13.8. The lowest BCUT2D eigenvalue weighted by Crippen LogP contribution is -2.31. The fourth-order valence-electron chi connectivity index (χ4n) is 3.13. The van der Waals surface area contributed by atoms with E-state index in [0.717, 1.165) is 0 Å². The van der Waals surface area contributed by atoms with Crippen molar-refractivity contribution >= 4 is 21.6 Å². The second-order valence-electron chi connectivity index (χ2n) is 6.00. The SMILES string of the molecule is CC(=O)Nc1ccc(S(=O)(=O)N2CCCC2c2ccccc2F)cc1. The Bertz CT molecular complexity index is 881. The fourth-order valence-corrected chi connectivity index (χ4v) is 4.81. The Morgan fingerprint density at radius 1 is 1.16 bits per heavy atom. The molecule has 1 N–H and O–H groups in total. The van der Waals surface area contributed by atoms with Gasteiger partial charge in [-0.1, -0.05) is 18.2 Å². The molecule has 1 saturated heterocycles. The molecule has 2 aromatic carbocycles. The maximum Gasteiger partial charge on any atom is 0.243 e. The van der Waals surface area contributed by atoms with Crippen molar-refractivity contribution in [3.8, 4) is 0 Å². The molecule has 0 saturated carbocycles. The lowest BCUT2D eigenvalue weighted by Gasteiger charge is -2.25. The van der Waals surface area contributed by atoms with Crippen LogP contribution in [0.3, 0.4) is 0 Å². The number of rotatable bonds is 4. The lowest BCUT2D eigenvalue weighted by molar-refractivity contribution is -0.114. The summed E-state index contributed by atoms with van der Waals surface area (Å²) >= 11 is 0. The molecule has 1 atom stereocenters. The Labute approximate surface area is 146 Å². The smallest absolute Gasteiger partial charge is 0.243 e. The molecule has 0 radical (unpaired) electrons. The molecule has 2 aromatic rings. The van der Waals surface area contributed by atoms with E-state index in [9.17, 15) is 17.6 Å². The molecule has 0 bridgehead atoms. The minimum Gasteiger partial charge on any atom is -0.326 e. The predicted octanol–water partition coefficient (Wildman–Crippen LogP) is 3.31. The average Bonchev–Trinajstić information content (AvgIpc) is 3.05. The number of anilines is 1. The number of benzene rings is 2. The molecule has 0 aromatic heterocycles. The Kier molecular flexibility index (Phi) is 4.87. The highest BCUT2D eigenvalue weighted by Gasteiger charge is 2.37. The monoisotopic (exact) mass is 362 g/mol. The van der Waals surface area contributed by atoms with Gasteiger partial charge in [0.05, 0.1) is 10.9 Å². The topological polar surface area (TPSA) is 66.5 Å². The van der Waals surface area contributed by atoms with Gasteiger partial charge >= 0.3 is 0 Å². The van der Waals surface area contributed by atoms with E-state index in [1.54, 1.807) is 30.3 Å². The lowest BCUT2D eigenvalue weighted by atomic mass is 10.1. The third-order valence-electron chi connectivity index (χ3n) is 4.25. The van der Waals surface area contributed by atoms with Crippen LogP contribution in [-0.4, -0.2) is 25.2 Å². The molecule has 1 amide bonds. The molecule has 1 fully saturated rings. The van der Waals surface area contributed by atoms with Gasteiger partial charge in [0.1, 0.15) is 5.82 Å². The first-order valence-corrected chi connectivity index (χ1v) is 9.47. The maximum absolute atomic E-state index is 14.1. The van der Waals surface area contributed by atoms with Crippen LogP contribution in [0.1, 0.15) is 31.4 Å². The number of nitrogens with zero attached hydrogens (tertiary/aromatic N) is 1. The largest absolute Gasteiger partial charge is 0.326 e. The van der Waals surface area contributed by atoms with Crippen molar-refractivity contribution in [2.24, 2.45) is 0 Å². The van der Waals surface area contributed by atoms with Gasteiger partial charge in [-0.15, -0.1) is 0 Å². The zero-order valence-corrected chi connectivity index (χ0v) is 14.6. The number of carbonyl (C=O) groups excluding carboxylic acids is 1. The van der Waals surface area contributed by atoms with Crippen LogP contribution >= 0.6 is 0 Å². The number of hydrogen-bond donors (Lipinski definition) is 1. The average molecular weight is 362 g/mol. The van der Waals surface area contributed by atoms with Gasteiger partial charge in [-0.25, -0.2) is 12.8 Å². The first-order valence-electron chi connectivity index (χ1n) is 8.03. The highest BCUT2D eigenvalue weighted by Crippen LogP contribution is 2.37. The Morgan fingerprint density at radius 3 is 2.48 bits per heavy atom. The summed E-state index contributed by atoms with van der Waals surface area (Å²) in [5.41, 5.74) is 0.928. The molecule has 0 spiro atoms. The summed E-state index contributed by atoms with van der Waals surface area (Å²) in [6, 6.07) is 11.8. The van der Waals surface area contributed by atoms with E-state index in [0.29, 0.717) is 30.6 Å². The molecule has 5 nitrogen and oxygen atoms in total. The van der Waals surface area contributed by atoms with Crippen molar-refractivity contribution < 1.29 is 17.6 Å². The molecule has 132 valence electrons. The summed E-state index contributed by atoms with van der Waals surface area (Å²) in [4.78, 5) is 11.2. The van der Waals surface area contributed by atoms with Crippen molar-refractivity contribution in [3.63, 3.8) is 0 Å². The van der Waals surface area contributed by atoms with E-state index in [2.05, 4.69) is 5.32 Å². The summed E-state index contributed by atoms with van der Waals surface area (Å²) in [5, 5.41) is 2.60. The van der Waals surface area contributed by atoms with E-state index in [1.165, 1.54) is 29.4 Å². The van der Waals surface area contributed by atoms with Crippen LogP contribution in [0.2, 0.25) is 0 Å².